The van der Waals surface area contributed by atoms with E-state index in [1.165, 1.54) is 16.7 Å². The lowest BCUT2D eigenvalue weighted by molar-refractivity contribution is 0.345. The van der Waals surface area contributed by atoms with Crippen molar-refractivity contribution in [3.63, 3.8) is 0 Å². The number of nitrogens with one attached hydrogen (secondary N) is 2. The van der Waals surface area contributed by atoms with Crippen LogP contribution in [-0.2, 0) is 19.5 Å². The standard InChI is InChI=1S/C21H30N4/c1-4-25(3)17-20-12-8-11-19(15-20)16-24-21(22-2)23-14-13-18-9-6-5-7-10-18/h5-12,15H,4,13-14,16-17H2,1-3H3,(H2,22,23,24). The first-order valence-corrected chi connectivity index (χ1v) is 8.96. The van der Waals surface area contributed by atoms with Gasteiger partial charge in [0.25, 0.3) is 0 Å². The van der Waals surface area contributed by atoms with Crippen molar-refractivity contribution in [2.24, 2.45) is 4.99 Å². The van der Waals surface area contributed by atoms with E-state index in [1.807, 2.05) is 13.1 Å². The summed E-state index contributed by atoms with van der Waals surface area (Å²) < 4.78 is 0. The van der Waals surface area contributed by atoms with Gasteiger partial charge in [0.2, 0.25) is 0 Å². The highest BCUT2D eigenvalue weighted by molar-refractivity contribution is 5.79. The lowest BCUT2D eigenvalue weighted by atomic mass is 10.1. The smallest absolute Gasteiger partial charge is 0.191 e. The minimum atomic E-state index is 0.773. The third-order valence-corrected chi connectivity index (χ3v) is 4.22. The Labute approximate surface area is 152 Å². The minimum absolute atomic E-state index is 0.773. The van der Waals surface area contributed by atoms with Gasteiger partial charge in [-0.3, -0.25) is 4.99 Å². The molecular weight excluding hydrogens is 308 g/mol. The number of hydrogen-bond donors (Lipinski definition) is 2. The Balaban J connectivity index is 1.79. The molecule has 0 spiro atoms. The first-order valence-electron chi connectivity index (χ1n) is 8.96. The number of benzene rings is 2. The van der Waals surface area contributed by atoms with Gasteiger partial charge in [0.05, 0.1) is 0 Å². The Morgan fingerprint density at radius 1 is 0.960 bits per heavy atom. The van der Waals surface area contributed by atoms with Gasteiger partial charge in [-0.1, -0.05) is 61.5 Å². The van der Waals surface area contributed by atoms with Crippen molar-refractivity contribution in [2.75, 3.05) is 27.2 Å². The van der Waals surface area contributed by atoms with Crippen molar-refractivity contribution < 1.29 is 0 Å². The fourth-order valence-electron chi connectivity index (χ4n) is 2.64. The van der Waals surface area contributed by atoms with Gasteiger partial charge in [0, 0.05) is 26.7 Å². The van der Waals surface area contributed by atoms with Crippen LogP contribution in [0.3, 0.4) is 0 Å². The van der Waals surface area contributed by atoms with Crippen molar-refractivity contribution in [1.29, 1.82) is 0 Å². The van der Waals surface area contributed by atoms with E-state index in [0.717, 1.165) is 38.6 Å². The molecule has 0 atom stereocenters. The zero-order valence-corrected chi connectivity index (χ0v) is 15.6. The summed E-state index contributed by atoms with van der Waals surface area (Å²) in [5.41, 5.74) is 3.95. The molecule has 0 aliphatic rings. The van der Waals surface area contributed by atoms with Crippen molar-refractivity contribution >= 4 is 5.96 Å². The summed E-state index contributed by atoms with van der Waals surface area (Å²) >= 11 is 0. The SMILES string of the molecule is CCN(C)Cc1cccc(CNC(=NC)NCCc2ccccc2)c1. The van der Waals surface area contributed by atoms with E-state index in [4.69, 9.17) is 0 Å². The van der Waals surface area contributed by atoms with Crippen LogP contribution in [-0.4, -0.2) is 38.0 Å². The monoisotopic (exact) mass is 338 g/mol. The van der Waals surface area contributed by atoms with E-state index >= 15 is 0 Å². The van der Waals surface area contributed by atoms with Crippen molar-refractivity contribution in [3.05, 3.63) is 71.3 Å². The molecule has 4 nitrogen and oxygen atoms in total. The molecule has 0 radical (unpaired) electrons. The molecule has 134 valence electrons. The Bertz CT molecular complexity index is 652. The molecule has 0 aromatic heterocycles. The van der Waals surface area contributed by atoms with Gasteiger partial charge in [0.1, 0.15) is 0 Å². The van der Waals surface area contributed by atoms with Gasteiger partial charge < -0.3 is 15.5 Å². The average molecular weight is 338 g/mol. The topological polar surface area (TPSA) is 39.7 Å². The van der Waals surface area contributed by atoms with Crippen LogP contribution in [0.25, 0.3) is 0 Å². The predicted octanol–water partition coefficient (Wildman–Crippen LogP) is 3.05. The second kappa shape index (κ2) is 10.5. The van der Waals surface area contributed by atoms with Crippen molar-refractivity contribution in [3.8, 4) is 0 Å². The number of hydrogen-bond acceptors (Lipinski definition) is 2. The highest BCUT2D eigenvalue weighted by Crippen LogP contribution is 2.07. The number of rotatable bonds is 8. The molecule has 0 saturated heterocycles. The van der Waals surface area contributed by atoms with Crippen LogP contribution in [0.1, 0.15) is 23.6 Å². The largest absolute Gasteiger partial charge is 0.356 e. The number of guanidine groups is 1. The quantitative estimate of drug-likeness (QED) is 0.574. The third-order valence-electron chi connectivity index (χ3n) is 4.22. The summed E-state index contributed by atoms with van der Waals surface area (Å²) in [5.74, 6) is 0.840. The Morgan fingerprint density at radius 2 is 1.68 bits per heavy atom. The Kier molecular flexibility index (Phi) is 7.99. The maximum absolute atomic E-state index is 4.30. The molecule has 0 fully saturated rings. The van der Waals surface area contributed by atoms with Crippen LogP contribution in [0.4, 0.5) is 0 Å². The van der Waals surface area contributed by atoms with Gasteiger partial charge in [-0.2, -0.15) is 0 Å². The van der Waals surface area contributed by atoms with Gasteiger partial charge >= 0.3 is 0 Å². The highest BCUT2D eigenvalue weighted by atomic mass is 15.2. The van der Waals surface area contributed by atoms with Gasteiger partial charge in [0.15, 0.2) is 5.96 Å². The summed E-state index contributed by atoms with van der Waals surface area (Å²) in [6.45, 7) is 5.85. The molecule has 0 aliphatic carbocycles. The van der Waals surface area contributed by atoms with Crippen LogP contribution >= 0.6 is 0 Å². The van der Waals surface area contributed by atoms with E-state index in [2.05, 4.69) is 83.0 Å². The molecule has 0 bridgehead atoms. The lowest BCUT2D eigenvalue weighted by Gasteiger charge is -2.15. The fourth-order valence-corrected chi connectivity index (χ4v) is 2.64. The molecule has 0 saturated carbocycles. The summed E-state index contributed by atoms with van der Waals surface area (Å²) in [6.07, 6.45) is 0.986. The molecule has 0 amide bonds. The Morgan fingerprint density at radius 3 is 2.40 bits per heavy atom. The van der Waals surface area contributed by atoms with Crippen LogP contribution < -0.4 is 10.6 Å². The number of nitrogens with zero attached hydrogens (tertiary/aromatic N) is 2. The normalized spacial score (nSPS) is 11.6. The first kappa shape index (κ1) is 19.0. The average Bonchev–Trinajstić information content (AvgIpc) is 2.65. The molecule has 2 N–H and O–H groups in total. The summed E-state index contributed by atoms with van der Waals surface area (Å²) in [5, 5.41) is 6.77. The summed E-state index contributed by atoms with van der Waals surface area (Å²) in [7, 11) is 3.95. The maximum atomic E-state index is 4.30. The second-order valence-electron chi connectivity index (χ2n) is 6.24. The maximum Gasteiger partial charge on any atom is 0.191 e. The van der Waals surface area contributed by atoms with Crippen molar-refractivity contribution in [2.45, 2.75) is 26.4 Å². The van der Waals surface area contributed by atoms with E-state index < -0.39 is 0 Å². The minimum Gasteiger partial charge on any atom is -0.356 e. The second-order valence-corrected chi connectivity index (χ2v) is 6.24. The molecule has 4 heteroatoms. The molecule has 0 aliphatic heterocycles. The van der Waals surface area contributed by atoms with E-state index in [1.54, 1.807) is 0 Å². The lowest BCUT2D eigenvalue weighted by Crippen LogP contribution is -2.37. The van der Waals surface area contributed by atoms with Crippen LogP contribution in [0.15, 0.2) is 59.6 Å². The van der Waals surface area contributed by atoms with Gasteiger partial charge in [-0.15, -0.1) is 0 Å². The summed E-state index contributed by atoms with van der Waals surface area (Å²) in [6, 6.07) is 19.2. The van der Waals surface area contributed by atoms with E-state index in [0.29, 0.717) is 0 Å². The Hall–Kier alpha value is -2.33. The highest BCUT2D eigenvalue weighted by Gasteiger charge is 2.02. The zero-order chi connectivity index (χ0) is 17.9. The molecule has 2 rings (SSSR count). The first-order chi connectivity index (χ1) is 12.2. The fraction of sp³-hybridized carbons (Fsp3) is 0.381. The van der Waals surface area contributed by atoms with Gasteiger partial charge in [-0.05, 0) is 36.7 Å². The molecule has 2 aromatic rings. The van der Waals surface area contributed by atoms with Gasteiger partial charge in [-0.25, -0.2) is 0 Å². The van der Waals surface area contributed by atoms with E-state index in [-0.39, 0.29) is 0 Å². The molecular formula is C21H30N4. The molecule has 0 heterocycles. The third kappa shape index (κ3) is 6.98. The zero-order valence-electron chi connectivity index (χ0n) is 15.6. The summed E-state index contributed by atoms with van der Waals surface area (Å²) in [4.78, 5) is 6.61. The van der Waals surface area contributed by atoms with E-state index in [9.17, 15) is 0 Å². The molecule has 0 unspecified atom stereocenters. The predicted molar refractivity (Wildman–Crippen MR) is 107 cm³/mol. The molecule has 25 heavy (non-hydrogen) atoms. The molecule has 2 aromatic carbocycles. The van der Waals surface area contributed by atoms with Crippen LogP contribution in [0.2, 0.25) is 0 Å². The van der Waals surface area contributed by atoms with Crippen LogP contribution in [0.5, 0.6) is 0 Å². The van der Waals surface area contributed by atoms with Crippen molar-refractivity contribution in [1.82, 2.24) is 15.5 Å². The number of aliphatic imine (C=N–C) groups is 1. The van der Waals surface area contributed by atoms with Crippen LogP contribution in [0, 0.1) is 0 Å².